The Morgan fingerprint density at radius 1 is 1.21 bits per heavy atom. The Morgan fingerprint density at radius 2 is 2.09 bits per heavy atom. The van der Waals surface area contributed by atoms with Crippen molar-refractivity contribution in [2.24, 2.45) is 0 Å². The number of nitrogens with zero attached hydrogens (tertiary/aromatic N) is 4. The minimum absolute atomic E-state index is 0.0805. The van der Waals surface area contributed by atoms with Gasteiger partial charge < -0.3 is 19.6 Å². The van der Waals surface area contributed by atoms with Crippen LogP contribution in [0.15, 0.2) is 77.3 Å². The van der Waals surface area contributed by atoms with E-state index in [0.29, 0.717) is 28.8 Å². The second-order valence-electron chi connectivity index (χ2n) is 8.65. The molecule has 0 bridgehead atoms. The maximum atomic E-state index is 6.04. The van der Waals surface area contributed by atoms with Gasteiger partial charge in [0.2, 0.25) is 5.28 Å². The van der Waals surface area contributed by atoms with Crippen LogP contribution < -0.4 is 10.6 Å². The first-order valence-electron chi connectivity index (χ1n) is 11.1. The van der Waals surface area contributed by atoms with Gasteiger partial charge in [0, 0.05) is 23.2 Å². The Kier molecular flexibility index (Phi) is 4.81. The lowest BCUT2D eigenvalue weighted by atomic mass is 9.75. The lowest BCUT2D eigenvalue weighted by Crippen LogP contribution is -2.33. The predicted octanol–water partition coefficient (Wildman–Crippen LogP) is 5.31. The van der Waals surface area contributed by atoms with Gasteiger partial charge in [-0.25, -0.2) is 9.97 Å². The van der Waals surface area contributed by atoms with Gasteiger partial charge in [0.25, 0.3) is 0 Å². The van der Waals surface area contributed by atoms with Crippen LogP contribution in [0.1, 0.15) is 25.3 Å². The summed E-state index contributed by atoms with van der Waals surface area (Å²) in [5.41, 5.74) is 4.87. The summed E-state index contributed by atoms with van der Waals surface area (Å²) in [7, 11) is 0. The van der Waals surface area contributed by atoms with Gasteiger partial charge in [-0.05, 0) is 61.2 Å². The highest BCUT2D eigenvalue weighted by Gasteiger charge is 2.36. The number of nitrogens with one attached hydrogen (secondary N) is 2. The molecule has 1 aliphatic carbocycles. The molecule has 33 heavy (non-hydrogen) atoms. The van der Waals surface area contributed by atoms with Gasteiger partial charge in [0.05, 0.1) is 12.5 Å². The number of anilines is 2. The summed E-state index contributed by atoms with van der Waals surface area (Å²) in [6.45, 7) is 3.40. The van der Waals surface area contributed by atoms with Crippen LogP contribution in [0.2, 0.25) is 5.28 Å². The molecular weight excluding hydrogens is 436 g/mol. The number of hydrogen-bond donors (Lipinski definition) is 2. The summed E-state index contributed by atoms with van der Waals surface area (Å²) in [4.78, 5) is 12.9. The Labute approximate surface area is 196 Å². The molecule has 0 amide bonds. The fourth-order valence-corrected chi connectivity index (χ4v) is 5.03. The van der Waals surface area contributed by atoms with Crippen LogP contribution in [-0.2, 0) is 5.41 Å². The third-order valence-corrected chi connectivity index (χ3v) is 6.78. The van der Waals surface area contributed by atoms with Gasteiger partial charge in [-0.2, -0.15) is 4.98 Å². The third-order valence-electron chi connectivity index (χ3n) is 6.61. The number of fused-ring (bicyclic) bond motifs is 1. The van der Waals surface area contributed by atoms with E-state index >= 15 is 0 Å². The van der Waals surface area contributed by atoms with E-state index in [1.54, 1.807) is 18.7 Å². The number of aromatic nitrogens is 4. The molecule has 3 aromatic heterocycles. The van der Waals surface area contributed by atoms with E-state index in [2.05, 4.69) is 75.0 Å². The van der Waals surface area contributed by atoms with Gasteiger partial charge in [-0.15, -0.1) is 0 Å². The van der Waals surface area contributed by atoms with Gasteiger partial charge in [0.15, 0.2) is 11.4 Å². The van der Waals surface area contributed by atoms with E-state index in [-0.39, 0.29) is 10.7 Å². The Balaban J connectivity index is 1.24. The molecule has 2 aliphatic rings. The van der Waals surface area contributed by atoms with Crippen molar-refractivity contribution < 1.29 is 4.42 Å². The fourth-order valence-electron chi connectivity index (χ4n) is 4.85. The molecule has 0 radical (unpaired) electrons. The first kappa shape index (κ1) is 20.2. The van der Waals surface area contributed by atoms with Crippen LogP contribution in [0.4, 0.5) is 11.6 Å². The summed E-state index contributed by atoms with van der Waals surface area (Å²) in [5, 5.41) is 6.97. The maximum Gasteiger partial charge on any atom is 0.225 e. The van der Waals surface area contributed by atoms with Crippen molar-refractivity contribution >= 4 is 34.3 Å². The van der Waals surface area contributed by atoms with Crippen molar-refractivity contribution in [1.82, 2.24) is 24.8 Å². The van der Waals surface area contributed by atoms with Crippen molar-refractivity contribution in [3.8, 4) is 5.69 Å². The van der Waals surface area contributed by atoms with Crippen molar-refractivity contribution in [3.05, 3.63) is 83.8 Å². The highest BCUT2D eigenvalue weighted by atomic mass is 35.5. The SMILES string of the molecule is CC1(c2ccc(-n3cnc(Nc4nc(Cl)nc5ccoc45)c3)cc2)C=CC=C1C1CCCN1. The van der Waals surface area contributed by atoms with E-state index in [1.807, 2.05) is 10.8 Å². The highest BCUT2D eigenvalue weighted by molar-refractivity contribution is 6.28. The lowest BCUT2D eigenvalue weighted by molar-refractivity contribution is 0.581. The van der Waals surface area contributed by atoms with Crippen molar-refractivity contribution in [1.29, 1.82) is 0 Å². The average molecular weight is 459 g/mol. The number of allylic oxidation sites excluding steroid dienone is 3. The van der Waals surface area contributed by atoms with E-state index in [0.717, 1.165) is 12.2 Å². The van der Waals surface area contributed by atoms with Gasteiger partial charge in [0.1, 0.15) is 17.7 Å². The second-order valence-corrected chi connectivity index (χ2v) is 8.98. The number of hydrogen-bond acceptors (Lipinski definition) is 6. The summed E-state index contributed by atoms with van der Waals surface area (Å²) in [6, 6.07) is 10.9. The van der Waals surface area contributed by atoms with Crippen LogP contribution >= 0.6 is 11.6 Å². The maximum absolute atomic E-state index is 6.04. The zero-order chi connectivity index (χ0) is 22.4. The minimum Gasteiger partial charge on any atom is -0.459 e. The molecule has 8 heteroatoms. The summed E-state index contributed by atoms with van der Waals surface area (Å²) >= 11 is 6.04. The largest absolute Gasteiger partial charge is 0.459 e. The zero-order valence-electron chi connectivity index (χ0n) is 18.1. The van der Waals surface area contributed by atoms with E-state index in [1.165, 1.54) is 24.0 Å². The van der Waals surface area contributed by atoms with Crippen LogP contribution in [0.5, 0.6) is 0 Å². The average Bonchev–Trinajstić information content (AvgIpc) is 3.61. The molecule has 6 rings (SSSR count). The second kappa shape index (κ2) is 7.86. The Bertz CT molecular complexity index is 1380. The van der Waals surface area contributed by atoms with E-state index < -0.39 is 0 Å². The van der Waals surface area contributed by atoms with Gasteiger partial charge in [-0.1, -0.05) is 30.4 Å². The fraction of sp³-hybridized carbons (Fsp3) is 0.240. The number of halogens is 1. The Hall–Kier alpha value is -3.42. The standard InChI is InChI=1S/C25H23ClN6O/c1-25(11-2-4-18(25)19-5-3-12-27-19)16-6-8-17(9-7-16)32-14-21(28-15-32)30-23-22-20(10-13-33-22)29-24(26)31-23/h2,4,6-11,13-15,19,27H,3,5,12H2,1H3,(H,29,30,31). The number of furan rings is 1. The van der Waals surface area contributed by atoms with E-state index in [4.69, 9.17) is 16.0 Å². The predicted molar refractivity (Wildman–Crippen MR) is 129 cm³/mol. The lowest BCUT2D eigenvalue weighted by Gasteiger charge is -2.31. The molecule has 2 N–H and O–H groups in total. The molecule has 1 fully saturated rings. The van der Waals surface area contributed by atoms with Gasteiger partial charge >= 0.3 is 0 Å². The quantitative estimate of drug-likeness (QED) is 0.394. The monoisotopic (exact) mass is 458 g/mol. The molecule has 4 aromatic rings. The zero-order valence-corrected chi connectivity index (χ0v) is 18.9. The number of imidazole rings is 1. The molecular formula is C25H23ClN6O. The van der Waals surface area contributed by atoms with Crippen molar-refractivity contribution in [3.63, 3.8) is 0 Å². The topological polar surface area (TPSA) is 80.8 Å². The molecule has 1 aromatic carbocycles. The Morgan fingerprint density at radius 3 is 2.91 bits per heavy atom. The summed E-state index contributed by atoms with van der Waals surface area (Å²) in [6.07, 6.45) is 14.4. The van der Waals surface area contributed by atoms with Crippen LogP contribution in [-0.4, -0.2) is 32.1 Å². The molecule has 0 saturated carbocycles. The van der Waals surface area contributed by atoms with E-state index in [9.17, 15) is 0 Å². The first-order chi connectivity index (χ1) is 16.1. The molecule has 166 valence electrons. The summed E-state index contributed by atoms with van der Waals surface area (Å²) < 4.78 is 7.46. The molecule has 0 spiro atoms. The molecule has 1 aliphatic heterocycles. The molecule has 7 nitrogen and oxygen atoms in total. The highest BCUT2D eigenvalue weighted by Crippen LogP contribution is 2.41. The van der Waals surface area contributed by atoms with Crippen LogP contribution in [0, 0.1) is 0 Å². The third kappa shape index (κ3) is 3.53. The van der Waals surface area contributed by atoms with Crippen molar-refractivity contribution in [2.45, 2.75) is 31.2 Å². The van der Waals surface area contributed by atoms with Crippen LogP contribution in [0.25, 0.3) is 16.8 Å². The normalized spacial score (nSPS) is 22.2. The molecule has 4 heterocycles. The molecule has 2 atom stereocenters. The van der Waals surface area contributed by atoms with Gasteiger partial charge in [-0.3, -0.25) is 0 Å². The minimum atomic E-state index is -0.0805. The molecule has 2 unspecified atom stereocenters. The van der Waals surface area contributed by atoms with Crippen molar-refractivity contribution in [2.75, 3.05) is 11.9 Å². The summed E-state index contributed by atoms with van der Waals surface area (Å²) in [5.74, 6) is 1.12. The van der Waals surface area contributed by atoms with Crippen LogP contribution in [0.3, 0.4) is 0 Å². The first-order valence-corrected chi connectivity index (χ1v) is 11.4. The molecule has 1 saturated heterocycles. The number of benzene rings is 1. The smallest absolute Gasteiger partial charge is 0.225 e. The number of rotatable bonds is 5.